The van der Waals surface area contributed by atoms with Gasteiger partial charge in [0.2, 0.25) is 0 Å². The summed E-state index contributed by atoms with van der Waals surface area (Å²) < 4.78 is 7.88. The smallest absolute Gasteiger partial charge is 0.407 e. The van der Waals surface area contributed by atoms with E-state index in [0.29, 0.717) is 18.5 Å². The predicted molar refractivity (Wildman–Crippen MR) is 95.3 cm³/mol. The fraction of sp³-hybridized carbons (Fsp3) is 0.222. The van der Waals surface area contributed by atoms with Gasteiger partial charge in [-0.15, -0.1) is 0 Å². The molecule has 0 spiro atoms. The lowest BCUT2D eigenvalue weighted by atomic mass is 10.2. The van der Waals surface area contributed by atoms with Crippen molar-refractivity contribution in [3.05, 3.63) is 70.5 Å². The third-order valence-corrected chi connectivity index (χ3v) is 4.65. The highest BCUT2D eigenvalue weighted by molar-refractivity contribution is 7.13. The second-order valence-electron chi connectivity index (χ2n) is 5.51. The topological polar surface area (TPSA) is 60.3 Å². The van der Waals surface area contributed by atoms with Crippen molar-refractivity contribution in [1.82, 2.24) is 9.27 Å². The zero-order chi connectivity index (χ0) is 16.9. The van der Waals surface area contributed by atoms with E-state index in [1.54, 1.807) is 10.9 Å². The SMILES string of the molecule is CC(Cn1sc2ccccc2c1=O)OC(=O)NCc1ccccc1. The number of benzene rings is 2. The third kappa shape index (κ3) is 3.83. The van der Waals surface area contributed by atoms with Crippen molar-refractivity contribution in [2.45, 2.75) is 26.1 Å². The van der Waals surface area contributed by atoms with Crippen LogP contribution in [0.5, 0.6) is 0 Å². The number of amides is 1. The van der Waals surface area contributed by atoms with Crippen LogP contribution in [-0.2, 0) is 17.8 Å². The van der Waals surface area contributed by atoms with E-state index in [2.05, 4.69) is 5.32 Å². The Labute approximate surface area is 143 Å². The van der Waals surface area contributed by atoms with Crippen LogP contribution in [0.4, 0.5) is 4.79 Å². The van der Waals surface area contributed by atoms with Crippen LogP contribution in [0, 0.1) is 0 Å². The van der Waals surface area contributed by atoms with Crippen molar-refractivity contribution in [3.63, 3.8) is 0 Å². The van der Waals surface area contributed by atoms with Gasteiger partial charge in [0.05, 0.1) is 16.6 Å². The van der Waals surface area contributed by atoms with Gasteiger partial charge in [-0.1, -0.05) is 54.0 Å². The molecule has 0 aliphatic carbocycles. The maximum absolute atomic E-state index is 12.3. The summed E-state index contributed by atoms with van der Waals surface area (Å²) in [5.41, 5.74) is 0.957. The van der Waals surface area contributed by atoms with Crippen LogP contribution in [0.1, 0.15) is 12.5 Å². The number of hydrogen-bond donors (Lipinski definition) is 1. The van der Waals surface area contributed by atoms with E-state index < -0.39 is 12.2 Å². The molecule has 0 aliphatic heterocycles. The van der Waals surface area contributed by atoms with Crippen molar-refractivity contribution in [1.29, 1.82) is 0 Å². The summed E-state index contributed by atoms with van der Waals surface area (Å²) in [6.45, 7) is 2.53. The van der Waals surface area contributed by atoms with Crippen LogP contribution < -0.4 is 10.9 Å². The van der Waals surface area contributed by atoms with Crippen molar-refractivity contribution in [3.8, 4) is 0 Å². The van der Waals surface area contributed by atoms with Gasteiger partial charge in [0, 0.05) is 6.54 Å². The van der Waals surface area contributed by atoms with Crippen LogP contribution in [-0.4, -0.2) is 16.2 Å². The normalized spacial score (nSPS) is 12.0. The summed E-state index contributed by atoms with van der Waals surface area (Å²) >= 11 is 1.38. The van der Waals surface area contributed by atoms with Gasteiger partial charge in [-0.05, 0) is 24.6 Å². The van der Waals surface area contributed by atoms with Gasteiger partial charge in [-0.2, -0.15) is 0 Å². The molecule has 0 aliphatic rings. The Morgan fingerprint density at radius 2 is 1.88 bits per heavy atom. The number of nitrogens with one attached hydrogen (secondary N) is 1. The van der Waals surface area contributed by atoms with E-state index >= 15 is 0 Å². The summed E-state index contributed by atoms with van der Waals surface area (Å²) in [5, 5.41) is 3.41. The van der Waals surface area contributed by atoms with Crippen LogP contribution in [0.25, 0.3) is 10.1 Å². The maximum Gasteiger partial charge on any atom is 0.407 e. The molecular formula is C18H18N2O3S. The Bertz CT molecular complexity index is 886. The van der Waals surface area contributed by atoms with E-state index in [-0.39, 0.29) is 5.56 Å². The zero-order valence-corrected chi connectivity index (χ0v) is 14.1. The summed E-state index contributed by atoms with van der Waals surface area (Å²) in [6.07, 6.45) is -0.882. The summed E-state index contributed by atoms with van der Waals surface area (Å²) in [6, 6.07) is 17.1. The minimum absolute atomic E-state index is 0.0456. The van der Waals surface area contributed by atoms with Crippen molar-refractivity contribution in [2.24, 2.45) is 0 Å². The Kier molecular flexibility index (Phi) is 4.96. The average Bonchev–Trinajstić information content (AvgIpc) is 2.90. The Balaban J connectivity index is 1.56. The number of carbonyl (C=O) groups is 1. The number of nitrogens with zero attached hydrogens (tertiary/aromatic N) is 1. The molecular weight excluding hydrogens is 324 g/mol. The molecule has 0 fully saturated rings. The summed E-state index contributed by atoms with van der Waals surface area (Å²) in [4.78, 5) is 24.1. The lowest BCUT2D eigenvalue weighted by Crippen LogP contribution is -2.30. The standard InChI is InChI=1S/C18H18N2O3S/c1-13(23-18(22)19-11-14-7-3-2-4-8-14)12-20-17(21)15-9-5-6-10-16(15)24-20/h2-10,13H,11-12H2,1H3,(H,19,22). The Morgan fingerprint density at radius 1 is 1.17 bits per heavy atom. The number of ether oxygens (including phenoxy) is 1. The van der Waals surface area contributed by atoms with Gasteiger partial charge >= 0.3 is 6.09 Å². The molecule has 0 saturated heterocycles. The molecule has 1 unspecified atom stereocenters. The molecule has 3 aromatic rings. The second-order valence-corrected chi connectivity index (χ2v) is 6.57. The van der Waals surface area contributed by atoms with Gasteiger partial charge < -0.3 is 10.1 Å². The third-order valence-electron chi connectivity index (χ3n) is 3.56. The molecule has 1 heterocycles. The number of alkyl carbamates (subject to hydrolysis) is 1. The van der Waals surface area contributed by atoms with Crippen LogP contribution in [0.2, 0.25) is 0 Å². The fourth-order valence-corrected chi connectivity index (χ4v) is 3.50. The van der Waals surface area contributed by atoms with E-state index in [1.807, 2.05) is 54.6 Å². The first-order valence-corrected chi connectivity index (χ1v) is 8.48. The molecule has 0 bridgehead atoms. The number of aromatic nitrogens is 1. The first-order valence-electron chi connectivity index (χ1n) is 7.71. The van der Waals surface area contributed by atoms with Crippen LogP contribution in [0.3, 0.4) is 0 Å². The summed E-state index contributed by atoms with van der Waals surface area (Å²) in [7, 11) is 0. The molecule has 5 nitrogen and oxygen atoms in total. The van der Waals surface area contributed by atoms with Crippen molar-refractivity contribution in [2.75, 3.05) is 0 Å². The maximum atomic E-state index is 12.3. The molecule has 3 rings (SSSR count). The molecule has 1 amide bonds. The molecule has 0 saturated carbocycles. The van der Waals surface area contributed by atoms with E-state index in [0.717, 1.165) is 10.3 Å². The van der Waals surface area contributed by atoms with Gasteiger partial charge in [-0.25, -0.2) is 4.79 Å². The van der Waals surface area contributed by atoms with Gasteiger partial charge in [0.1, 0.15) is 6.10 Å². The first kappa shape index (κ1) is 16.3. The highest BCUT2D eigenvalue weighted by Crippen LogP contribution is 2.16. The highest BCUT2D eigenvalue weighted by atomic mass is 32.1. The number of rotatable bonds is 5. The zero-order valence-electron chi connectivity index (χ0n) is 13.3. The van der Waals surface area contributed by atoms with Crippen LogP contribution >= 0.6 is 11.5 Å². The molecule has 1 N–H and O–H groups in total. The van der Waals surface area contributed by atoms with Gasteiger partial charge in [0.15, 0.2) is 0 Å². The largest absolute Gasteiger partial charge is 0.445 e. The number of hydrogen-bond acceptors (Lipinski definition) is 4. The van der Waals surface area contributed by atoms with E-state index in [1.165, 1.54) is 11.5 Å². The van der Waals surface area contributed by atoms with Crippen molar-refractivity contribution < 1.29 is 9.53 Å². The second kappa shape index (κ2) is 7.31. The molecule has 0 radical (unpaired) electrons. The molecule has 2 aromatic carbocycles. The van der Waals surface area contributed by atoms with Gasteiger partial charge in [-0.3, -0.25) is 8.75 Å². The molecule has 124 valence electrons. The lowest BCUT2D eigenvalue weighted by molar-refractivity contribution is 0.0982. The molecule has 1 atom stereocenters. The monoisotopic (exact) mass is 342 g/mol. The fourth-order valence-electron chi connectivity index (χ4n) is 2.40. The average molecular weight is 342 g/mol. The van der Waals surface area contributed by atoms with Crippen molar-refractivity contribution >= 4 is 27.7 Å². The quantitative estimate of drug-likeness (QED) is 0.773. The summed E-state index contributed by atoms with van der Waals surface area (Å²) in [5.74, 6) is 0. The van der Waals surface area contributed by atoms with E-state index in [9.17, 15) is 9.59 Å². The number of fused-ring (bicyclic) bond motifs is 1. The molecule has 24 heavy (non-hydrogen) atoms. The number of carbonyl (C=O) groups excluding carboxylic acids is 1. The van der Waals surface area contributed by atoms with Gasteiger partial charge in [0.25, 0.3) is 5.56 Å². The molecule has 1 aromatic heterocycles. The molecule has 6 heteroatoms. The van der Waals surface area contributed by atoms with Crippen LogP contribution in [0.15, 0.2) is 59.4 Å². The Morgan fingerprint density at radius 3 is 2.62 bits per heavy atom. The lowest BCUT2D eigenvalue weighted by Gasteiger charge is -2.13. The first-order chi connectivity index (χ1) is 11.6. The van der Waals surface area contributed by atoms with E-state index in [4.69, 9.17) is 4.74 Å². The minimum Gasteiger partial charge on any atom is -0.445 e. The predicted octanol–water partition coefficient (Wildman–Crippen LogP) is 3.38. The highest BCUT2D eigenvalue weighted by Gasteiger charge is 2.13. The Hall–Kier alpha value is -2.60. The minimum atomic E-state index is -0.486.